The zero-order valence-electron chi connectivity index (χ0n) is 14.7. The number of benzene rings is 1. The predicted octanol–water partition coefficient (Wildman–Crippen LogP) is 3.11. The van der Waals surface area contributed by atoms with Crippen molar-refractivity contribution >= 4 is 49.5 Å². The van der Waals surface area contributed by atoms with E-state index in [2.05, 4.69) is 47.5 Å². The Kier molecular flexibility index (Phi) is 6.29. The van der Waals surface area contributed by atoms with Crippen LogP contribution in [0, 0.1) is 0 Å². The first-order chi connectivity index (χ1) is 12.9. The lowest BCUT2D eigenvalue weighted by Gasteiger charge is -2.28. The van der Waals surface area contributed by atoms with E-state index in [4.69, 9.17) is 5.73 Å². The van der Waals surface area contributed by atoms with Crippen LogP contribution in [0.5, 0.6) is 0 Å². The number of halogens is 2. The molecule has 0 bridgehead atoms. The van der Waals surface area contributed by atoms with E-state index in [1.807, 2.05) is 37.3 Å². The van der Waals surface area contributed by atoms with Crippen LogP contribution in [0.1, 0.15) is 30.4 Å². The third-order valence-corrected chi connectivity index (χ3v) is 5.61. The molecule has 8 heteroatoms. The molecule has 2 amide bonds. The fraction of sp³-hybridized carbons (Fsp3) is 0.316. The van der Waals surface area contributed by atoms with Gasteiger partial charge in [-0.2, -0.15) is 0 Å². The summed E-state index contributed by atoms with van der Waals surface area (Å²) in [6.07, 6.45) is 2.71. The Morgan fingerprint density at radius 3 is 2.85 bits per heavy atom. The molecule has 3 unspecified atom stereocenters. The third kappa shape index (κ3) is 4.56. The molecule has 3 rings (SSSR count). The number of nitrogens with one attached hydrogen (secondary N) is 2. The molecule has 1 aliphatic rings. The van der Waals surface area contributed by atoms with E-state index in [1.54, 1.807) is 6.20 Å². The number of aromatic nitrogens is 1. The fourth-order valence-corrected chi connectivity index (χ4v) is 4.06. The van der Waals surface area contributed by atoms with Gasteiger partial charge in [-0.1, -0.05) is 35.0 Å². The van der Waals surface area contributed by atoms with Gasteiger partial charge in [0, 0.05) is 27.5 Å². The number of hydrogen-bond donors (Lipinski definition) is 3. The Morgan fingerprint density at radius 2 is 2.15 bits per heavy atom. The summed E-state index contributed by atoms with van der Waals surface area (Å²) in [5.74, 6) is -0.238. The number of hydrogen-bond acceptors (Lipinski definition) is 4. The lowest BCUT2D eigenvalue weighted by Crippen LogP contribution is -2.53. The topological polar surface area (TPSA) is 97.1 Å². The SMILES string of the molecule is CCC(c1cccc(Br)c1)C(N)C(=O)NC1Cc2cc(Br)cnc2NC1=O. The quantitative estimate of drug-likeness (QED) is 0.593. The highest BCUT2D eigenvalue weighted by atomic mass is 79.9. The Labute approximate surface area is 174 Å². The molecule has 0 spiro atoms. The first kappa shape index (κ1) is 20.0. The Hall–Kier alpha value is -1.77. The molecule has 0 saturated carbocycles. The van der Waals surface area contributed by atoms with Crippen LogP contribution in [0.2, 0.25) is 0 Å². The van der Waals surface area contributed by atoms with Crippen molar-refractivity contribution in [2.75, 3.05) is 5.32 Å². The smallest absolute Gasteiger partial charge is 0.248 e. The summed E-state index contributed by atoms with van der Waals surface area (Å²) >= 11 is 6.82. The van der Waals surface area contributed by atoms with Crippen LogP contribution in [0.4, 0.5) is 5.82 Å². The van der Waals surface area contributed by atoms with Crippen LogP contribution < -0.4 is 16.4 Å². The Balaban J connectivity index is 1.73. The lowest BCUT2D eigenvalue weighted by atomic mass is 9.89. The molecule has 6 nitrogen and oxygen atoms in total. The molecule has 0 radical (unpaired) electrons. The van der Waals surface area contributed by atoms with Crippen molar-refractivity contribution in [3.63, 3.8) is 0 Å². The molecule has 142 valence electrons. The molecule has 1 aliphatic heterocycles. The van der Waals surface area contributed by atoms with Crippen LogP contribution in [0.25, 0.3) is 0 Å². The van der Waals surface area contributed by atoms with Crippen LogP contribution in [-0.4, -0.2) is 28.9 Å². The van der Waals surface area contributed by atoms with Gasteiger partial charge in [0.05, 0.1) is 6.04 Å². The molecule has 1 aromatic heterocycles. The van der Waals surface area contributed by atoms with E-state index in [0.717, 1.165) is 20.1 Å². The highest BCUT2D eigenvalue weighted by molar-refractivity contribution is 9.10. The van der Waals surface area contributed by atoms with Gasteiger partial charge in [0.1, 0.15) is 11.9 Å². The highest BCUT2D eigenvalue weighted by Crippen LogP contribution is 2.26. The molecule has 27 heavy (non-hydrogen) atoms. The lowest BCUT2D eigenvalue weighted by molar-refractivity contribution is -0.127. The number of rotatable bonds is 5. The number of carbonyl (C=O) groups excluding carboxylic acids is 2. The second-order valence-electron chi connectivity index (χ2n) is 6.51. The molecule has 3 atom stereocenters. The van der Waals surface area contributed by atoms with Crippen molar-refractivity contribution in [3.05, 3.63) is 56.6 Å². The number of nitrogens with zero attached hydrogens (tertiary/aromatic N) is 1. The van der Waals surface area contributed by atoms with E-state index >= 15 is 0 Å². The van der Waals surface area contributed by atoms with Gasteiger partial charge >= 0.3 is 0 Å². The minimum Gasteiger partial charge on any atom is -0.343 e. The summed E-state index contributed by atoms with van der Waals surface area (Å²) in [6.45, 7) is 1.99. The van der Waals surface area contributed by atoms with Crippen molar-refractivity contribution < 1.29 is 9.59 Å². The van der Waals surface area contributed by atoms with Gasteiger partial charge < -0.3 is 16.4 Å². The first-order valence-electron chi connectivity index (χ1n) is 8.65. The molecule has 0 fully saturated rings. The number of fused-ring (bicyclic) bond motifs is 1. The van der Waals surface area contributed by atoms with E-state index in [-0.39, 0.29) is 17.7 Å². The number of nitrogens with two attached hydrogens (primary N) is 1. The van der Waals surface area contributed by atoms with Crippen molar-refractivity contribution in [1.82, 2.24) is 10.3 Å². The van der Waals surface area contributed by atoms with E-state index in [9.17, 15) is 9.59 Å². The summed E-state index contributed by atoms with van der Waals surface area (Å²) in [5, 5.41) is 5.53. The average molecular weight is 496 g/mol. The average Bonchev–Trinajstić information content (AvgIpc) is 2.63. The van der Waals surface area contributed by atoms with Gasteiger partial charge in [0.15, 0.2) is 0 Å². The molecule has 2 aromatic rings. The predicted molar refractivity (Wildman–Crippen MR) is 111 cm³/mol. The van der Waals surface area contributed by atoms with Gasteiger partial charge in [-0.15, -0.1) is 0 Å². The number of amides is 2. The maximum atomic E-state index is 12.7. The summed E-state index contributed by atoms with van der Waals surface area (Å²) in [4.78, 5) is 29.3. The van der Waals surface area contributed by atoms with Crippen molar-refractivity contribution in [3.8, 4) is 0 Å². The maximum Gasteiger partial charge on any atom is 0.248 e. The van der Waals surface area contributed by atoms with Gasteiger partial charge in [-0.25, -0.2) is 4.98 Å². The van der Waals surface area contributed by atoms with Crippen molar-refractivity contribution in [2.24, 2.45) is 5.73 Å². The van der Waals surface area contributed by atoms with Crippen LogP contribution >= 0.6 is 31.9 Å². The van der Waals surface area contributed by atoms with Crippen LogP contribution in [0.15, 0.2) is 45.5 Å². The number of pyridine rings is 1. The summed E-state index contributed by atoms with van der Waals surface area (Å²) in [5.41, 5.74) is 8.11. The second kappa shape index (κ2) is 8.50. The zero-order valence-corrected chi connectivity index (χ0v) is 17.9. The molecular weight excluding hydrogens is 476 g/mol. The standard InChI is InChI=1S/C19H20Br2N4O2/c1-2-14(10-4-3-5-12(20)6-10)16(22)19(27)24-15-8-11-7-13(21)9-23-17(11)25-18(15)26/h3-7,9,14-16H,2,8,22H2,1H3,(H,24,27)(H,23,25,26). The summed E-state index contributed by atoms with van der Waals surface area (Å²) in [6, 6.07) is 8.23. The normalized spacial score (nSPS) is 18.2. The monoisotopic (exact) mass is 494 g/mol. The Bertz CT molecular complexity index is 875. The van der Waals surface area contributed by atoms with Crippen molar-refractivity contribution in [2.45, 2.75) is 37.8 Å². The fourth-order valence-electron chi connectivity index (χ4n) is 3.27. The number of carbonyl (C=O) groups is 2. The molecule has 0 aliphatic carbocycles. The number of anilines is 1. The van der Waals surface area contributed by atoms with E-state index in [1.165, 1.54) is 0 Å². The zero-order chi connectivity index (χ0) is 19.6. The largest absolute Gasteiger partial charge is 0.343 e. The van der Waals surface area contributed by atoms with Gasteiger partial charge in [-0.05, 0) is 51.7 Å². The Morgan fingerprint density at radius 1 is 1.37 bits per heavy atom. The molecule has 1 aromatic carbocycles. The van der Waals surface area contributed by atoms with E-state index in [0.29, 0.717) is 18.7 Å². The van der Waals surface area contributed by atoms with Gasteiger partial charge in [0.25, 0.3) is 0 Å². The van der Waals surface area contributed by atoms with Gasteiger partial charge in [-0.3, -0.25) is 9.59 Å². The molecule has 0 saturated heterocycles. The van der Waals surface area contributed by atoms with Crippen LogP contribution in [0.3, 0.4) is 0 Å². The second-order valence-corrected chi connectivity index (χ2v) is 8.34. The highest BCUT2D eigenvalue weighted by Gasteiger charge is 2.32. The molecule has 4 N–H and O–H groups in total. The van der Waals surface area contributed by atoms with Gasteiger partial charge in [0.2, 0.25) is 11.8 Å². The third-order valence-electron chi connectivity index (χ3n) is 4.68. The van der Waals surface area contributed by atoms with E-state index < -0.39 is 12.1 Å². The molecule has 2 heterocycles. The first-order valence-corrected chi connectivity index (χ1v) is 10.2. The maximum absolute atomic E-state index is 12.7. The molecular formula is C19H20Br2N4O2. The minimum atomic E-state index is -0.751. The van der Waals surface area contributed by atoms with Crippen molar-refractivity contribution in [1.29, 1.82) is 0 Å². The minimum absolute atomic E-state index is 0.141. The summed E-state index contributed by atoms with van der Waals surface area (Å²) in [7, 11) is 0. The summed E-state index contributed by atoms with van der Waals surface area (Å²) < 4.78 is 1.76. The van der Waals surface area contributed by atoms with Crippen LogP contribution in [-0.2, 0) is 16.0 Å².